The number of aromatic nitrogens is 1. The second-order valence-electron chi connectivity index (χ2n) is 5.05. The van der Waals surface area contributed by atoms with Crippen molar-refractivity contribution in [2.24, 2.45) is 11.1 Å². The largest absolute Gasteiger partial charge is 0.330 e. The number of rotatable bonds is 4. The van der Waals surface area contributed by atoms with Gasteiger partial charge in [0.2, 0.25) is 0 Å². The molecule has 1 unspecified atom stereocenters. The standard InChI is InChI=1S/C12H21N3S/c1-3-11-14-6-10(16-11)7-15-5-4-12(2,8-13)9-15/h6H,3-5,7-9,13H2,1-2H3. The molecule has 1 saturated heterocycles. The minimum absolute atomic E-state index is 0.332. The molecule has 0 aromatic carbocycles. The van der Waals surface area contributed by atoms with E-state index in [-0.39, 0.29) is 0 Å². The van der Waals surface area contributed by atoms with Crippen LogP contribution in [0.25, 0.3) is 0 Å². The molecule has 2 rings (SSSR count). The first-order valence-electron chi connectivity index (χ1n) is 6.01. The van der Waals surface area contributed by atoms with Crippen molar-refractivity contribution < 1.29 is 0 Å². The maximum absolute atomic E-state index is 5.81. The number of aryl methyl sites for hydroxylation is 1. The Morgan fingerprint density at radius 3 is 3.00 bits per heavy atom. The Kier molecular flexibility index (Phi) is 3.62. The number of nitrogens with two attached hydrogens (primary N) is 1. The summed E-state index contributed by atoms with van der Waals surface area (Å²) in [7, 11) is 0. The van der Waals surface area contributed by atoms with Crippen LogP contribution in [0.15, 0.2) is 6.20 Å². The molecule has 1 fully saturated rings. The predicted molar refractivity (Wildman–Crippen MR) is 68.5 cm³/mol. The highest BCUT2D eigenvalue weighted by Crippen LogP contribution is 2.30. The summed E-state index contributed by atoms with van der Waals surface area (Å²) in [6.45, 7) is 8.59. The monoisotopic (exact) mass is 239 g/mol. The second-order valence-corrected chi connectivity index (χ2v) is 6.25. The fourth-order valence-electron chi connectivity index (χ4n) is 2.23. The van der Waals surface area contributed by atoms with E-state index in [1.165, 1.54) is 22.9 Å². The van der Waals surface area contributed by atoms with Crippen molar-refractivity contribution in [3.8, 4) is 0 Å². The van der Waals surface area contributed by atoms with E-state index in [9.17, 15) is 0 Å². The molecule has 3 nitrogen and oxygen atoms in total. The van der Waals surface area contributed by atoms with Gasteiger partial charge < -0.3 is 5.73 Å². The van der Waals surface area contributed by atoms with Crippen molar-refractivity contribution in [2.75, 3.05) is 19.6 Å². The summed E-state index contributed by atoms with van der Waals surface area (Å²) in [6, 6.07) is 0. The smallest absolute Gasteiger partial charge is 0.0925 e. The average Bonchev–Trinajstić information content (AvgIpc) is 2.87. The van der Waals surface area contributed by atoms with Crippen molar-refractivity contribution >= 4 is 11.3 Å². The highest BCUT2D eigenvalue weighted by molar-refractivity contribution is 7.11. The number of hydrogen-bond donors (Lipinski definition) is 1. The maximum Gasteiger partial charge on any atom is 0.0925 e. The molecule has 16 heavy (non-hydrogen) atoms. The predicted octanol–water partition coefficient (Wildman–Crippen LogP) is 1.88. The molecule has 4 heteroatoms. The van der Waals surface area contributed by atoms with E-state index in [4.69, 9.17) is 5.73 Å². The fourth-order valence-corrected chi connectivity index (χ4v) is 3.14. The molecule has 90 valence electrons. The molecule has 2 heterocycles. The summed E-state index contributed by atoms with van der Waals surface area (Å²) in [5, 5.41) is 1.25. The van der Waals surface area contributed by atoms with Gasteiger partial charge in [0.05, 0.1) is 5.01 Å². The van der Waals surface area contributed by atoms with Crippen LogP contribution in [0, 0.1) is 5.41 Å². The van der Waals surface area contributed by atoms with E-state index >= 15 is 0 Å². The maximum atomic E-state index is 5.81. The molecule has 0 spiro atoms. The molecule has 0 radical (unpaired) electrons. The van der Waals surface area contributed by atoms with E-state index in [2.05, 4.69) is 23.7 Å². The summed E-state index contributed by atoms with van der Waals surface area (Å²) in [5.41, 5.74) is 6.14. The van der Waals surface area contributed by atoms with Crippen LogP contribution in [-0.2, 0) is 13.0 Å². The lowest BCUT2D eigenvalue weighted by Crippen LogP contribution is -2.30. The molecular weight excluding hydrogens is 218 g/mol. The van der Waals surface area contributed by atoms with Crippen molar-refractivity contribution in [1.29, 1.82) is 0 Å². The quantitative estimate of drug-likeness (QED) is 0.872. The Balaban J connectivity index is 1.91. The molecule has 0 bridgehead atoms. The first-order valence-corrected chi connectivity index (χ1v) is 6.83. The number of hydrogen-bond acceptors (Lipinski definition) is 4. The van der Waals surface area contributed by atoms with Crippen LogP contribution in [0.5, 0.6) is 0 Å². The van der Waals surface area contributed by atoms with Crippen LogP contribution in [-0.4, -0.2) is 29.5 Å². The summed E-state index contributed by atoms with van der Waals surface area (Å²) in [6.07, 6.45) is 4.30. The van der Waals surface area contributed by atoms with Gasteiger partial charge in [0.25, 0.3) is 0 Å². The SMILES string of the molecule is CCc1ncc(CN2CCC(C)(CN)C2)s1. The van der Waals surface area contributed by atoms with E-state index in [1.54, 1.807) is 0 Å². The summed E-state index contributed by atoms with van der Waals surface area (Å²) < 4.78 is 0. The van der Waals surface area contributed by atoms with Gasteiger partial charge in [-0.1, -0.05) is 13.8 Å². The Labute approximate surface area is 102 Å². The highest BCUT2D eigenvalue weighted by Gasteiger charge is 2.32. The number of thiazole rings is 1. The Morgan fingerprint density at radius 1 is 1.62 bits per heavy atom. The van der Waals surface area contributed by atoms with Crippen LogP contribution in [0.3, 0.4) is 0 Å². The van der Waals surface area contributed by atoms with Gasteiger partial charge >= 0.3 is 0 Å². The van der Waals surface area contributed by atoms with Crippen molar-refractivity contribution in [1.82, 2.24) is 9.88 Å². The second kappa shape index (κ2) is 4.82. The Morgan fingerprint density at radius 2 is 2.44 bits per heavy atom. The zero-order valence-corrected chi connectivity index (χ0v) is 11.0. The molecule has 0 amide bonds. The molecule has 0 aliphatic carbocycles. The fraction of sp³-hybridized carbons (Fsp3) is 0.750. The normalized spacial score (nSPS) is 26.4. The molecule has 1 aromatic heterocycles. The van der Waals surface area contributed by atoms with Crippen molar-refractivity contribution in [2.45, 2.75) is 33.2 Å². The van der Waals surface area contributed by atoms with Crippen molar-refractivity contribution in [3.63, 3.8) is 0 Å². The molecule has 1 atom stereocenters. The topological polar surface area (TPSA) is 42.2 Å². The van der Waals surface area contributed by atoms with Gasteiger partial charge in [0, 0.05) is 24.2 Å². The van der Waals surface area contributed by atoms with Crippen LogP contribution < -0.4 is 5.73 Å². The third-order valence-corrected chi connectivity index (χ3v) is 4.54. The van der Waals surface area contributed by atoms with Crippen LogP contribution >= 0.6 is 11.3 Å². The van der Waals surface area contributed by atoms with E-state index in [1.807, 2.05) is 17.5 Å². The summed E-state index contributed by atoms with van der Waals surface area (Å²) in [5.74, 6) is 0. The third kappa shape index (κ3) is 2.62. The van der Waals surface area contributed by atoms with Gasteiger partial charge in [-0.3, -0.25) is 4.90 Å². The molecule has 2 N–H and O–H groups in total. The van der Waals surface area contributed by atoms with Gasteiger partial charge in [-0.25, -0.2) is 4.98 Å². The lowest BCUT2D eigenvalue weighted by Gasteiger charge is -2.22. The zero-order chi connectivity index (χ0) is 11.6. The lowest BCUT2D eigenvalue weighted by atomic mass is 9.90. The van der Waals surface area contributed by atoms with E-state index in [0.717, 1.165) is 26.1 Å². The minimum atomic E-state index is 0.332. The third-order valence-electron chi connectivity index (χ3n) is 3.41. The molecule has 1 aromatic rings. The molecule has 0 saturated carbocycles. The van der Waals surface area contributed by atoms with Crippen LogP contribution in [0.4, 0.5) is 0 Å². The zero-order valence-electron chi connectivity index (χ0n) is 10.2. The van der Waals surface area contributed by atoms with Gasteiger partial charge in [0.15, 0.2) is 0 Å². The van der Waals surface area contributed by atoms with E-state index in [0.29, 0.717) is 5.41 Å². The van der Waals surface area contributed by atoms with Crippen LogP contribution in [0.1, 0.15) is 30.2 Å². The number of nitrogens with zero attached hydrogens (tertiary/aromatic N) is 2. The first-order chi connectivity index (χ1) is 7.65. The molecule has 1 aliphatic rings. The summed E-state index contributed by atoms with van der Waals surface area (Å²) in [4.78, 5) is 8.29. The Hall–Kier alpha value is -0.450. The number of likely N-dealkylation sites (tertiary alicyclic amines) is 1. The highest BCUT2D eigenvalue weighted by atomic mass is 32.1. The van der Waals surface area contributed by atoms with Gasteiger partial charge in [-0.05, 0) is 31.3 Å². The van der Waals surface area contributed by atoms with Crippen LogP contribution in [0.2, 0.25) is 0 Å². The summed E-state index contributed by atoms with van der Waals surface area (Å²) >= 11 is 1.84. The minimum Gasteiger partial charge on any atom is -0.330 e. The molecular formula is C12H21N3S. The average molecular weight is 239 g/mol. The first kappa shape index (κ1) is 12.0. The lowest BCUT2D eigenvalue weighted by molar-refractivity contribution is 0.276. The van der Waals surface area contributed by atoms with Gasteiger partial charge in [-0.2, -0.15) is 0 Å². The Bertz CT molecular complexity index is 350. The van der Waals surface area contributed by atoms with Crippen molar-refractivity contribution in [3.05, 3.63) is 16.1 Å². The van der Waals surface area contributed by atoms with Gasteiger partial charge in [-0.15, -0.1) is 11.3 Å². The van der Waals surface area contributed by atoms with Gasteiger partial charge in [0.1, 0.15) is 0 Å². The van der Waals surface area contributed by atoms with E-state index < -0.39 is 0 Å². The molecule has 1 aliphatic heterocycles.